The van der Waals surface area contributed by atoms with Gasteiger partial charge < -0.3 is 15.4 Å². The molecule has 2 N–H and O–H groups in total. The zero-order valence-corrected chi connectivity index (χ0v) is 14.7. The van der Waals surface area contributed by atoms with Gasteiger partial charge in [-0.2, -0.15) is 5.10 Å². The minimum Gasteiger partial charge on any atom is -0.466 e. The Balaban J connectivity index is 1.48. The molecule has 0 fully saturated rings. The topological polar surface area (TPSA) is 85.2 Å². The molecule has 0 bridgehead atoms. The highest BCUT2D eigenvalue weighted by Gasteiger charge is 2.47. The fraction of sp³-hybridized carbons (Fsp3) is 0.150. The van der Waals surface area contributed by atoms with Crippen LogP contribution in [0, 0.1) is 0 Å². The van der Waals surface area contributed by atoms with E-state index in [2.05, 4.69) is 15.7 Å². The van der Waals surface area contributed by atoms with Gasteiger partial charge in [-0.3, -0.25) is 14.3 Å². The summed E-state index contributed by atoms with van der Waals surface area (Å²) in [6, 6.07) is 16.9. The van der Waals surface area contributed by atoms with Crippen LogP contribution < -0.4 is 15.4 Å². The van der Waals surface area contributed by atoms with Crippen LogP contribution >= 0.6 is 0 Å². The number of aromatic nitrogens is 2. The Kier molecular flexibility index (Phi) is 4.12. The molecule has 2 heterocycles. The van der Waals surface area contributed by atoms with Crippen LogP contribution in [0.5, 0.6) is 5.75 Å². The monoisotopic (exact) mass is 362 g/mol. The minimum atomic E-state index is -1.67. The smallest absolute Gasteiger partial charge is 0.278 e. The van der Waals surface area contributed by atoms with Crippen molar-refractivity contribution in [3.05, 3.63) is 72.6 Å². The molecular weight excluding hydrogens is 344 g/mol. The van der Waals surface area contributed by atoms with E-state index in [1.807, 2.05) is 30.3 Å². The summed E-state index contributed by atoms with van der Waals surface area (Å²) in [6.07, 6.45) is 3.25. The molecular formula is C20H18N4O3. The Morgan fingerprint density at radius 2 is 1.93 bits per heavy atom. The van der Waals surface area contributed by atoms with Crippen LogP contribution in [0.1, 0.15) is 12.5 Å². The maximum Gasteiger partial charge on any atom is 0.278 e. The first-order chi connectivity index (χ1) is 13.0. The van der Waals surface area contributed by atoms with Gasteiger partial charge >= 0.3 is 0 Å². The van der Waals surface area contributed by atoms with Crippen LogP contribution in [0.15, 0.2) is 67.0 Å². The molecule has 1 unspecified atom stereocenters. The van der Waals surface area contributed by atoms with E-state index in [0.29, 0.717) is 23.7 Å². The summed E-state index contributed by atoms with van der Waals surface area (Å²) in [5.41, 5.74) is 0.462. The van der Waals surface area contributed by atoms with E-state index in [1.54, 1.807) is 41.3 Å². The summed E-state index contributed by atoms with van der Waals surface area (Å²) in [7, 11) is 0. The fourth-order valence-corrected chi connectivity index (χ4v) is 2.85. The van der Waals surface area contributed by atoms with Crippen molar-refractivity contribution in [2.24, 2.45) is 0 Å². The Labute approximate surface area is 156 Å². The van der Waals surface area contributed by atoms with Gasteiger partial charge in [-0.15, -0.1) is 0 Å². The molecule has 7 heteroatoms. The number of hydrogen-bond donors (Lipinski definition) is 2. The largest absolute Gasteiger partial charge is 0.466 e. The van der Waals surface area contributed by atoms with E-state index in [4.69, 9.17) is 4.74 Å². The molecule has 2 aromatic carbocycles. The van der Waals surface area contributed by atoms with Crippen LogP contribution in [-0.2, 0) is 16.1 Å². The SMILES string of the molecule is CC1(C(=O)Nc2cnn(Cc3ccccc3)c2)Oc2ccccc2NC1=O. The Hall–Kier alpha value is -3.61. The van der Waals surface area contributed by atoms with Crippen LogP contribution in [0.2, 0.25) is 0 Å². The zero-order valence-electron chi connectivity index (χ0n) is 14.7. The summed E-state index contributed by atoms with van der Waals surface area (Å²) >= 11 is 0. The molecule has 4 rings (SSSR count). The van der Waals surface area contributed by atoms with Crippen molar-refractivity contribution in [2.45, 2.75) is 19.1 Å². The molecule has 1 aliphatic heterocycles. The standard InChI is InChI=1S/C20H18N4O3/c1-20(19(26)23-16-9-5-6-10-17(16)27-20)18(25)22-15-11-21-24(13-15)12-14-7-3-2-4-8-14/h2-11,13H,12H2,1H3,(H,22,25)(H,23,26). The first-order valence-corrected chi connectivity index (χ1v) is 8.52. The molecule has 1 atom stereocenters. The van der Waals surface area contributed by atoms with Crippen molar-refractivity contribution in [1.82, 2.24) is 9.78 Å². The number of rotatable bonds is 4. The zero-order chi connectivity index (χ0) is 18.9. The summed E-state index contributed by atoms with van der Waals surface area (Å²) in [5.74, 6) is -0.626. The molecule has 0 aliphatic carbocycles. The quantitative estimate of drug-likeness (QED) is 0.699. The van der Waals surface area contributed by atoms with Gasteiger partial charge in [-0.25, -0.2) is 0 Å². The third-order valence-corrected chi connectivity index (χ3v) is 4.39. The lowest BCUT2D eigenvalue weighted by molar-refractivity contribution is -0.143. The molecule has 1 aromatic heterocycles. The lowest BCUT2D eigenvalue weighted by Gasteiger charge is -2.33. The van der Waals surface area contributed by atoms with E-state index in [-0.39, 0.29) is 0 Å². The molecule has 0 saturated heterocycles. The average Bonchev–Trinajstić information content (AvgIpc) is 3.10. The average molecular weight is 362 g/mol. The summed E-state index contributed by atoms with van der Waals surface area (Å²) in [6.45, 7) is 2.03. The van der Waals surface area contributed by atoms with Gasteiger partial charge in [0.05, 0.1) is 24.1 Å². The summed E-state index contributed by atoms with van der Waals surface area (Å²) in [5, 5.41) is 9.67. The predicted molar refractivity (Wildman–Crippen MR) is 101 cm³/mol. The molecule has 0 spiro atoms. The highest BCUT2D eigenvalue weighted by atomic mass is 16.5. The fourth-order valence-electron chi connectivity index (χ4n) is 2.85. The maximum absolute atomic E-state index is 12.7. The van der Waals surface area contributed by atoms with Crippen molar-refractivity contribution in [3.8, 4) is 5.75 Å². The number of hydrogen-bond acceptors (Lipinski definition) is 4. The van der Waals surface area contributed by atoms with E-state index in [0.717, 1.165) is 5.56 Å². The number of anilines is 2. The number of carbonyl (C=O) groups is 2. The Bertz CT molecular complexity index is 999. The molecule has 136 valence electrons. The first-order valence-electron chi connectivity index (χ1n) is 8.52. The van der Waals surface area contributed by atoms with E-state index in [9.17, 15) is 9.59 Å². The molecule has 1 aliphatic rings. The van der Waals surface area contributed by atoms with Crippen LogP contribution in [0.4, 0.5) is 11.4 Å². The second-order valence-corrected chi connectivity index (χ2v) is 6.45. The minimum absolute atomic E-state index is 0.453. The van der Waals surface area contributed by atoms with Gasteiger partial charge in [0.1, 0.15) is 5.75 Å². The second-order valence-electron chi connectivity index (χ2n) is 6.45. The molecule has 0 radical (unpaired) electrons. The van der Waals surface area contributed by atoms with Crippen molar-refractivity contribution in [1.29, 1.82) is 0 Å². The number of fused-ring (bicyclic) bond motifs is 1. The molecule has 0 saturated carbocycles. The van der Waals surface area contributed by atoms with Crippen molar-refractivity contribution in [3.63, 3.8) is 0 Å². The van der Waals surface area contributed by atoms with Crippen molar-refractivity contribution < 1.29 is 14.3 Å². The van der Waals surface area contributed by atoms with Gasteiger partial charge in [0, 0.05) is 6.20 Å². The molecule has 2 amide bonds. The van der Waals surface area contributed by atoms with E-state index in [1.165, 1.54) is 6.92 Å². The van der Waals surface area contributed by atoms with E-state index < -0.39 is 17.4 Å². The summed E-state index contributed by atoms with van der Waals surface area (Å²) in [4.78, 5) is 25.2. The van der Waals surface area contributed by atoms with Crippen molar-refractivity contribution >= 4 is 23.2 Å². The van der Waals surface area contributed by atoms with Gasteiger partial charge in [-0.1, -0.05) is 42.5 Å². The van der Waals surface area contributed by atoms with Crippen LogP contribution in [-0.4, -0.2) is 27.2 Å². The number of nitrogens with one attached hydrogen (secondary N) is 2. The number of benzene rings is 2. The van der Waals surface area contributed by atoms with Crippen LogP contribution in [0.3, 0.4) is 0 Å². The highest BCUT2D eigenvalue weighted by Crippen LogP contribution is 2.33. The van der Waals surface area contributed by atoms with Gasteiger partial charge in [0.2, 0.25) is 0 Å². The van der Waals surface area contributed by atoms with Crippen LogP contribution in [0.25, 0.3) is 0 Å². The number of amides is 2. The highest BCUT2D eigenvalue weighted by molar-refractivity contribution is 6.18. The van der Waals surface area contributed by atoms with Gasteiger partial charge in [-0.05, 0) is 24.6 Å². The summed E-state index contributed by atoms with van der Waals surface area (Å²) < 4.78 is 7.43. The molecule has 27 heavy (non-hydrogen) atoms. The third kappa shape index (κ3) is 3.27. The second kappa shape index (κ2) is 6.60. The lowest BCUT2D eigenvalue weighted by atomic mass is 10.0. The molecule has 3 aromatic rings. The van der Waals surface area contributed by atoms with Gasteiger partial charge in [0.25, 0.3) is 17.4 Å². The number of ether oxygens (including phenoxy) is 1. The molecule has 7 nitrogen and oxygen atoms in total. The normalized spacial score (nSPS) is 18.2. The number of carbonyl (C=O) groups excluding carboxylic acids is 2. The Morgan fingerprint density at radius 1 is 1.19 bits per heavy atom. The third-order valence-electron chi connectivity index (χ3n) is 4.39. The number of para-hydroxylation sites is 2. The van der Waals surface area contributed by atoms with E-state index >= 15 is 0 Å². The predicted octanol–water partition coefficient (Wildman–Crippen LogP) is 2.66. The maximum atomic E-state index is 12.7. The van der Waals surface area contributed by atoms with Crippen molar-refractivity contribution in [2.75, 3.05) is 10.6 Å². The Morgan fingerprint density at radius 3 is 2.74 bits per heavy atom. The lowest BCUT2D eigenvalue weighted by Crippen LogP contribution is -2.56. The number of nitrogens with zero attached hydrogens (tertiary/aromatic N) is 2. The van der Waals surface area contributed by atoms with Gasteiger partial charge in [0.15, 0.2) is 0 Å². The first kappa shape index (κ1) is 16.8.